The maximum Gasteiger partial charge on any atom is 0.305 e. The Labute approximate surface area is 145 Å². The number of nitrogens with one attached hydrogen (secondary N) is 1. The zero-order valence-electron chi connectivity index (χ0n) is 15.0. The summed E-state index contributed by atoms with van der Waals surface area (Å²) in [6.45, 7) is 0.680. The fourth-order valence-electron chi connectivity index (χ4n) is 2.45. The van der Waals surface area contributed by atoms with Gasteiger partial charge < -0.3 is 15.2 Å². The van der Waals surface area contributed by atoms with Crippen LogP contribution in [0.2, 0.25) is 0 Å². The van der Waals surface area contributed by atoms with E-state index < -0.39 is 5.97 Å². The molecule has 0 heterocycles. The van der Waals surface area contributed by atoms with Gasteiger partial charge in [0.2, 0.25) is 5.91 Å². The Kier molecular flexibility index (Phi) is 15.2. The van der Waals surface area contributed by atoms with E-state index in [1.165, 1.54) is 39.2 Å². The molecule has 1 amide bonds. The Morgan fingerprint density at radius 2 is 1.29 bits per heavy atom. The number of ether oxygens (including phenoxy) is 1. The van der Waals surface area contributed by atoms with Crippen molar-refractivity contribution in [2.24, 2.45) is 0 Å². The van der Waals surface area contributed by atoms with Crippen molar-refractivity contribution in [1.82, 2.24) is 5.32 Å². The molecule has 0 atom stereocenters. The molecule has 0 aliphatic carbocycles. The highest BCUT2D eigenvalue weighted by molar-refractivity contribution is 5.76. The first kappa shape index (κ1) is 22.4. The van der Waals surface area contributed by atoms with E-state index in [-0.39, 0.29) is 18.3 Å². The van der Waals surface area contributed by atoms with Gasteiger partial charge in [-0.25, -0.2) is 0 Å². The summed E-state index contributed by atoms with van der Waals surface area (Å²) in [5.41, 5.74) is 0. The first-order valence-electron chi connectivity index (χ1n) is 9.11. The molecule has 0 aromatic carbocycles. The van der Waals surface area contributed by atoms with Crippen LogP contribution >= 0.6 is 0 Å². The minimum Gasteiger partial charge on any atom is -0.481 e. The molecule has 6 heteroatoms. The van der Waals surface area contributed by atoms with Crippen molar-refractivity contribution < 1.29 is 24.2 Å². The van der Waals surface area contributed by atoms with E-state index in [1.807, 2.05) is 0 Å². The van der Waals surface area contributed by atoms with E-state index in [0.717, 1.165) is 25.7 Å². The van der Waals surface area contributed by atoms with Gasteiger partial charge in [0.15, 0.2) is 0 Å². The van der Waals surface area contributed by atoms with Gasteiger partial charge in [0.25, 0.3) is 0 Å². The summed E-state index contributed by atoms with van der Waals surface area (Å²) in [4.78, 5) is 32.7. The number of carbonyl (C=O) groups is 3. The highest BCUT2D eigenvalue weighted by Gasteiger charge is 2.03. The molecule has 24 heavy (non-hydrogen) atoms. The van der Waals surface area contributed by atoms with Crippen molar-refractivity contribution >= 4 is 17.8 Å². The zero-order chi connectivity index (χ0) is 18.0. The monoisotopic (exact) mass is 343 g/mol. The van der Waals surface area contributed by atoms with Crippen molar-refractivity contribution in [2.75, 3.05) is 13.7 Å². The second kappa shape index (κ2) is 16.3. The molecule has 0 bridgehead atoms. The Bertz CT molecular complexity index is 357. The lowest BCUT2D eigenvalue weighted by atomic mass is 10.1. The average molecular weight is 343 g/mol. The maximum atomic E-state index is 11.4. The number of carboxylic acids is 1. The number of hydrogen-bond acceptors (Lipinski definition) is 4. The van der Waals surface area contributed by atoms with Crippen molar-refractivity contribution in [1.29, 1.82) is 0 Å². The third-order valence-corrected chi connectivity index (χ3v) is 3.90. The number of aliphatic carboxylic acids is 1. The van der Waals surface area contributed by atoms with E-state index in [1.54, 1.807) is 0 Å². The van der Waals surface area contributed by atoms with Crippen LogP contribution in [-0.2, 0) is 19.1 Å². The summed E-state index contributed by atoms with van der Waals surface area (Å²) in [6, 6.07) is 0. The van der Waals surface area contributed by atoms with Crippen LogP contribution in [0.5, 0.6) is 0 Å². The minimum absolute atomic E-state index is 0.0517. The fourth-order valence-corrected chi connectivity index (χ4v) is 2.45. The smallest absolute Gasteiger partial charge is 0.305 e. The molecule has 0 radical (unpaired) electrons. The van der Waals surface area contributed by atoms with Crippen molar-refractivity contribution in [3.63, 3.8) is 0 Å². The topological polar surface area (TPSA) is 92.7 Å². The van der Waals surface area contributed by atoms with E-state index in [4.69, 9.17) is 5.11 Å². The predicted octanol–water partition coefficient (Wildman–Crippen LogP) is 3.43. The standard InChI is InChI=1S/C18H33NO5/c1-24-18(23)14-9-7-5-3-2-4-6-8-10-15-19-16(20)12-11-13-17(21)22/h2-15H2,1H3,(H,19,20)(H,21,22). The summed E-state index contributed by atoms with van der Waals surface area (Å²) < 4.78 is 4.60. The van der Waals surface area contributed by atoms with Crippen molar-refractivity contribution in [3.8, 4) is 0 Å². The third kappa shape index (κ3) is 16.8. The van der Waals surface area contributed by atoms with Gasteiger partial charge in [0.1, 0.15) is 0 Å². The molecule has 140 valence electrons. The summed E-state index contributed by atoms with van der Waals surface area (Å²) in [6.07, 6.45) is 11.4. The number of carboxylic acid groups (broad SMARTS) is 1. The number of carbonyl (C=O) groups excluding carboxylic acids is 2. The van der Waals surface area contributed by atoms with Crippen LogP contribution in [0.1, 0.15) is 83.5 Å². The normalized spacial score (nSPS) is 10.4. The van der Waals surface area contributed by atoms with Gasteiger partial charge >= 0.3 is 11.9 Å². The molecule has 0 fully saturated rings. The van der Waals surface area contributed by atoms with Gasteiger partial charge in [0, 0.05) is 25.8 Å². The highest BCUT2D eigenvalue weighted by atomic mass is 16.5. The summed E-state index contributed by atoms with van der Waals surface area (Å²) in [7, 11) is 1.42. The number of unbranched alkanes of at least 4 members (excludes halogenated alkanes) is 8. The first-order chi connectivity index (χ1) is 11.6. The lowest BCUT2D eigenvalue weighted by Gasteiger charge is -2.05. The number of rotatable bonds is 16. The lowest BCUT2D eigenvalue weighted by molar-refractivity contribution is -0.141. The molecule has 0 saturated carbocycles. The Balaban J connectivity index is 3.18. The van der Waals surface area contributed by atoms with E-state index in [9.17, 15) is 14.4 Å². The van der Waals surface area contributed by atoms with Crippen LogP contribution in [0.3, 0.4) is 0 Å². The lowest BCUT2D eigenvalue weighted by Crippen LogP contribution is -2.24. The number of esters is 1. The molecule has 2 N–H and O–H groups in total. The van der Waals surface area contributed by atoms with E-state index in [0.29, 0.717) is 25.8 Å². The molecule has 6 nitrogen and oxygen atoms in total. The summed E-state index contributed by atoms with van der Waals surface area (Å²) in [5.74, 6) is -1.03. The minimum atomic E-state index is -0.855. The van der Waals surface area contributed by atoms with Gasteiger partial charge in [-0.05, 0) is 19.3 Å². The Morgan fingerprint density at radius 3 is 1.83 bits per heavy atom. The van der Waals surface area contributed by atoms with Gasteiger partial charge in [-0.15, -0.1) is 0 Å². The highest BCUT2D eigenvalue weighted by Crippen LogP contribution is 2.10. The quantitative estimate of drug-likeness (QED) is 0.331. The van der Waals surface area contributed by atoms with Gasteiger partial charge in [0.05, 0.1) is 7.11 Å². The molecule has 0 spiro atoms. The SMILES string of the molecule is COC(=O)CCCCCCCCCCCNC(=O)CCCC(=O)O. The number of methoxy groups -OCH3 is 1. The van der Waals surface area contributed by atoms with Crippen LogP contribution in [0.15, 0.2) is 0 Å². The molecule has 0 unspecified atom stereocenters. The number of hydrogen-bond donors (Lipinski definition) is 2. The molecule has 0 saturated heterocycles. The van der Waals surface area contributed by atoms with Crippen LogP contribution in [0.4, 0.5) is 0 Å². The number of amides is 1. The zero-order valence-corrected chi connectivity index (χ0v) is 15.0. The second-order valence-electron chi connectivity index (χ2n) is 6.11. The van der Waals surface area contributed by atoms with Gasteiger partial charge in [-0.1, -0.05) is 44.9 Å². The van der Waals surface area contributed by atoms with Gasteiger partial charge in [-0.2, -0.15) is 0 Å². The first-order valence-corrected chi connectivity index (χ1v) is 9.11. The van der Waals surface area contributed by atoms with Crippen LogP contribution < -0.4 is 5.32 Å². The third-order valence-electron chi connectivity index (χ3n) is 3.90. The van der Waals surface area contributed by atoms with Crippen LogP contribution in [0.25, 0.3) is 0 Å². The molecular formula is C18H33NO5. The molecule has 0 rings (SSSR count). The summed E-state index contributed by atoms with van der Waals surface area (Å²) in [5, 5.41) is 11.3. The largest absolute Gasteiger partial charge is 0.481 e. The molecule has 0 aliphatic heterocycles. The maximum absolute atomic E-state index is 11.4. The molecule has 0 aliphatic rings. The molecule has 0 aromatic heterocycles. The molecular weight excluding hydrogens is 310 g/mol. The summed E-state index contributed by atoms with van der Waals surface area (Å²) >= 11 is 0. The van der Waals surface area contributed by atoms with Crippen LogP contribution in [0, 0.1) is 0 Å². The second-order valence-corrected chi connectivity index (χ2v) is 6.11. The molecule has 0 aromatic rings. The van der Waals surface area contributed by atoms with Crippen molar-refractivity contribution in [2.45, 2.75) is 83.5 Å². The van der Waals surface area contributed by atoms with Gasteiger partial charge in [-0.3, -0.25) is 14.4 Å². The van der Waals surface area contributed by atoms with Crippen molar-refractivity contribution in [3.05, 3.63) is 0 Å². The average Bonchev–Trinajstić information content (AvgIpc) is 2.55. The fraction of sp³-hybridized carbons (Fsp3) is 0.833. The predicted molar refractivity (Wildman–Crippen MR) is 92.7 cm³/mol. The van der Waals surface area contributed by atoms with E-state index in [2.05, 4.69) is 10.1 Å². The van der Waals surface area contributed by atoms with Crippen LogP contribution in [-0.4, -0.2) is 36.6 Å². The van der Waals surface area contributed by atoms with E-state index >= 15 is 0 Å². The Morgan fingerprint density at radius 1 is 0.750 bits per heavy atom. The Hall–Kier alpha value is -1.59.